The van der Waals surface area contributed by atoms with Gasteiger partial charge in [0.25, 0.3) is 0 Å². The Hall–Kier alpha value is -4.41. The van der Waals surface area contributed by atoms with Gasteiger partial charge in [0.05, 0.1) is 30.0 Å². The molecule has 0 radical (unpaired) electrons. The monoisotopic (exact) mass is 527 g/mol. The first-order valence-corrected chi connectivity index (χ1v) is 11.7. The third-order valence-electron chi connectivity index (χ3n) is 5.85. The molecule has 0 saturated heterocycles. The van der Waals surface area contributed by atoms with Crippen molar-refractivity contribution in [2.75, 3.05) is 17.2 Å². The molecule has 0 aliphatic heterocycles. The topological polar surface area (TPSA) is 118 Å². The number of Topliss-reactive ketones (excluding diaryl/α,β-unsaturated/α-hetero) is 1. The van der Waals surface area contributed by atoms with Gasteiger partial charge in [0.2, 0.25) is 5.91 Å². The molecular weight excluding hydrogens is 503 g/mol. The van der Waals surface area contributed by atoms with Crippen molar-refractivity contribution in [3.8, 4) is 16.9 Å². The Labute approximate surface area is 215 Å². The fourth-order valence-electron chi connectivity index (χ4n) is 3.77. The van der Waals surface area contributed by atoms with Gasteiger partial charge in [0, 0.05) is 23.5 Å². The Morgan fingerprint density at radius 1 is 1.03 bits per heavy atom. The molecule has 0 unspecified atom stereocenters. The number of hydrogen-bond donors (Lipinski definition) is 3. The van der Waals surface area contributed by atoms with E-state index in [1.807, 2.05) is 18.3 Å². The molecule has 0 bridgehead atoms. The number of carboxylic acid groups (broad SMARTS) is 1. The van der Waals surface area contributed by atoms with Gasteiger partial charge in [-0.3, -0.25) is 19.9 Å². The summed E-state index contributed by atoms with van der Waals surface area (Å²) in [4.78, 5) is 40.9. The lowest BCUT2D eigenvalue weighted by atomic mass is 10.0. The largest absolute Gasteiger partial charge is 0.493 e. The molecule has 1 aliphatic rings. The molecule has 4 rings (SSSR count). The molecule has 8 nitrogen and oxygen atoms in total. The van der Waals surface area contributed by atoms with Crippen LogP contribution in [0, 0.1) is 12.8 Å². The van der Waals surface area contributed by atoms with Crippen molar-refractivity contribution in [3.63, 3.8) is 0 Å². The van der Waals surface area contributed by atoms with Gasteiger partial charge in [0.15, 0.2) is 5.78 Å². The first-order chi connectivity index (χ1) is 18.0. The third-order valence-corrected chi connectivity index (χ3v) is 5.85. The highest BCUT2D eigenvalue weighted by Crippen LogP contribution is 2.42. The minimum absolute atomic E-state index is 0.0634. The molecule has 1 aliphatic carbocycles. The highest BCUT2D eigenvalue weighted by atomic mass is 19.4. The number of halogens is 3. The van der Waals surface area contributed by atoms with Crippen LogP contribution in [0.3, 0.4) is 0 Å². The zero-order valence-corrected chi connectivity index (χ0v) is 20.3. The predicted molar refractivity (Wildman–Crippen MR) is 133 cm³/mol. The molecule has 1 aromatic heterocycles. The van der Waals surface area contributed by atoms with E-state index < -0.39 is 47.4 Å². The molecule has 3 N–H and O–H groups in total. The van der Waals surface area contributed by atoms with Crippen LogP contribution in [0.5, 0.6) is 5.75 Å². The van der Waals surface area contributed by atoms with E-state index >= 15 is 0 Å². The quantitative estimate of drug-likeness (QED) is 0.226. The summed E-state index contributed by atoms with van der Waals surface area (Å²) in [6.07, 6.45) is -3.74. The van der Waals surface area contributed by atoms with Crippen LogP contribution in [0.2, 0.25) is 0 Å². The van der Waals surface area contributed by atoms with E-state index in [0.717, 1.165) is 35.7 Å². The summed E-state index contributed by atoms with van der Waals surface area (Å²) in [6.45, 7) is 1.89. The third kappa shape index (κ3) is 6.87. The van der Waals surface area contributed by atoms with Gasteiger partial charge in [-0.1, -0.05) is 18.2 Å². The van der Waals surface area contributed by atoms with E-state index in [9.17, 15) is 27.6 Å². The molecule has 198 valence electrons. The van der Waals surface area contributed by atoms with E-state index in [4.69, 9.17) is 9.84 Å². The summed E-state index contributed by atoms with van der Waals surface area (Å²) in [6, 6.07) is 11.7. The van der Waals surface area contributed by atoms with Gasteiger partial charge < -0.3 is 15.2 Å². The minimum atomic E-state index is -4.83. The molecule has 0 atom stereocenters. The van der Waals surface area contributed by atoms with Crippen LogP contribution < -0.4 is 15.4 Å². The lowest BCUT2D eigenvalue weighted by Gasteiger charge is -2.19. The molecule has 1 fully saturated rings. The van der Waals surface area contributed by atoms with Crippen LogP contribution in [-0.2, 0) is 11.0 Å². The fourth-order valence-corrected chi connectivity index (χ4v) is 3.77. The van der Waals surface area contributed by atoms with Crippen LogP contribution in [0.15, 0.2) is 54.7 Å². The van der Waals surface area contributed by atoms with Gasteiger partial charge in [-0.2, -0.15) is 13.2 Å². The molecule has 0 spiro atoms. The van der Waals surface area contributed by atoms with Gasteiger partial charge in [-0.05, 0) is 61.1 Å². The van der Waals surface area contributed by atoms with E-state index in [1.165, 1.54) is 6.07 Å². The smallest absolute Gasteiger partial charge is 0.420 e. The first-order valence-electron chi connectivity index (χ1n) is 11.7. The summed E-state index contributed by atoms with van der Waals surface area (Å²) in [5.41, 5.74) is 0.638. The summed E-state index contributed by atoms with van der Waals surface area (Å²) in [5.74, 6) is -1.87. The van der Waals surface area contributed by atoms with E-state index in [0.29, 0.717) is 6.07 Å². The standard InChI is InChI=1S/C27H24F3N3O5/c1-15-9-18(7-8-31-15)17-3-2-4-19(10-17)23(34)13-25(35)32-21-11-20(27(28,29)30)24(38-14-16-5-6-16)12-22(21)33-26(36)37/h2-4,7-12,16,33H,5-6,13-14H2,1H3,(H,32,35)(H,36,37). The van der Waals surface area contributed by atoms with Crippen LogP contribution >= 0.6 is 0 Å². The number of nitrogens with zero attached hydrogens (tertiary/aromatic N) is 1. The van der Waals surface area contributed by atoms with Crippen LogP contribution in [0.25, 0.3) is 11.1 Å². The van der Waals surface area contributed by atoms with Crippen LogP contribution in [0.4, 0.5) is 29.3 Å². The Morgan fingerprint density at radius 3 is 2.39 bits per heavy atom. The van der Waals surface area contributed by atoms with Crippen molar-refractivity contribution >= 4 is 29.2 Å². The summed E-state index contributed by atoms with van der Waals surface area (Å²) in [7, 11) is 0. The Bertz CT molecular complexity index is 1390. The molecule has 38 heavy (non-hydrogen) atoms. The Kier molecular flexibility index (Phi) is 7.65. The number of pyridine rings is 1. The highest BCUT2D eigenvalue weighted by Gasteiger charge is 2.36. The normalized spacial score (nSPS) is 13.1. The lowest BCUT2D eigenvalue weighted by Crippen LogP contribution is -2.20. The van der Waals surface area contributed by atoms with Crippen molar-refractivity contribution in [2.24, 2.45) is 5.92 Å². The van der Waals surface area contributed by atoms with Gasteiger partial charge >= 0.3 is 12.3 Å². The fraction of sp³-hybridized carbons (Fsp3) is 0.259. The van der Waals surface area contributed by atoms with Crippen LogP contribution in [-0.4, -0.2) is 34.5 Å². The van der Waals surface area contributed by atoms with Gasteiger partial charge in [-0.15, -0.1) is 0 Å². The number of benzene rings is 2. The SMILES string of the molecule is Cc1cc(-c2cccc(C(=O)CC(=O)Nc3cc(C(F)(F)F)c(OCC4CC4)cc3NC(=O)O)c2)ccn1. The van der Waals surface area contributed by atoms with E-state index in [1.54, 1.807) is 30.5 Å². The highest BCUT2D eigenvalue weighted by molar-refractivity contribution is 6.12. The predicted octanol–water partition coefficient (Wildman–Crippen LogP) is 6.17. The van der Waals surface area contributed by atoms with Crippen LogP contribution in [0.1, 0.15) is 40.9 Å². The summed E-state index contributed by atoms with van der Waals surface area (Å²) in [5, 5.41) is 13.4. The summed E-state index contributed by atoms with van der Waals surface area (Å²) >= 11 is 0. The number of aryl methyl sites for hydroxylation is 1. The maximum atomic E-state index is 13.7. The molecule has 3 aromatic rings. The molecule has 1 saturated carbocycles. The number of rotatable bonds is 9. The van der Waals surface area contributed by atoms with Crippen molar-refractivity contribution in [1.82, 2.24) is 4.98 Å². The van der Waals surface area contributed by atoms with Crippen molar-refractivity contribution in [2.45, 2.75) is 32.4 Å². The molecule has 2 amide bonds. The zero-order chi connectivity index (χ0) is 27.4. The van der Waals surface area contributed by atoms with Crippen molar-refractivity contribution in [1.29, 1.82) is 0 Å². The van der Waals surface area contributed by atoms with Crippen molar-refractivity contribution in [3.05, 3.63) is 71.5 Å². The number of aromatic nitrogens is 1. The first kappa shape index (κ1) is 26.6. The zero-order valence-electron chi connectivity index (χ0n) is 20.3. The second-order valence-corrected chi connectivity index (χ2v) is 8.99. The number of alkyl halides is 3. The molecular formula is C27H24F3N3O5. The lowest BCUT2D eigenvalue weighted by molar-refractivity contribution is -0.139. The number of anilines is 2. The average Bonchev–Trinajstić information content (AvgIpc) is 3.67. The van der Waals surface area contributed by atoms with E-state index in [-0.39, 0.29) is 23.8 Å². The molecule has 11 heteroatoms. The number of carbonyl (C=O) groups excluding carboxylic acids is 2. The number of carbonyl (C=O) groups is 3. The van der Waals surface area contributed by atoms with Gasteiger partial charge in [0.1, 0.15) is 5.75 Å². The number of ether oxygens (including phenoxy) is 1. The number of ketones is 1. The van der Waals surface area contributed by atoms with E-state index in [2.05, 4.69) is 10.3 Å². The Balaban J connectivity index is 1.55. The number of nitrogens with one attached hydrogen (secondary N) is 2. The molecule has 1 heterocycles. The van der Waals surface area contributed by atoms with Gasteiger partial charge in [-0.25, -0.2) is 4.79 Å². The minimum Gasteiger partial charge on any atom is -0.493 e. The molecule has 2 aromatic carbocycles. The average molecular weight is 527 g/mol. The second kappa shape index (κ2) is 10.9. The maximum absolute atomic E-state index is 13.7. The van der Waals surface area contributed by atoms with Crippen molar-refractivity contribution < 1.29 is 37.4 Å². The Morgan fingerprint density at radius 2 is 1.74 bits per heavy atom. The number of hydrogen-bond acceptors (Lipinski definition) is 5. The summed E-state index contributed by atoms with van der Waals surface area (Å²) < 4.78 is 46.6. The second-order valence-electron chi connectivity index (χ2n) is 8.99. The number of amides is 2. The maximum Gasteiger partial charge on any atom is 0.420 e.